The van der Waals surface area contributed by atoms with E-state index in [1.54, 1.807) is 12.1 Å². The number of benzene rings is 3. The highest BCUT2D eigenvalue weighted by Crippen LogP contribution is 2.32. The zero-order valence-corrected chi connectivity index (χ0v) is 17.2. The maximum atomic E-state index is 13.1. The van der Waals surface area contributed by atoms with Crippen molar-refractivity contribution in [3.63, 3.8) is 0 Å². The molecule has 0 aliphatic carbocycles. The number of ether oxygens (including phenoxy) is 1. The predicted molar refractivity (Wildman–Crippen MR) is 121 cm³/mol. The van der Waals surface area contributed by atoms with Crippen LogP contribution in [0.25, 0.3) is 22.2 Å². The lowest BCUT2D eigenvalue weighted by molar-refractivity contribution is -0.119. The van der Waals surface area contributed by atoms with Crippen molar-refractivity contribution in [2.24, 2.45) is 5.73 Å². The Morgan fingerprint density at radius 1 is 0.969 bits per heavy atom. The van der Waals surface area contributed by atoms with Crippen molar-refractivity contribution in [1.29, 1.82) is 0 Å². The fourth-order valence-electron chi connectivity index (χ4n) is 4.03. The third kappa shape index (κ3) is 3.85. The van der Waals surface area contributed by atoms with Gasteiger partial charge in [-0.15, -0.1) is 0 Å². The van der Waals surface area contributed by atoms with Gasteiger partial charge in [-0.05, 0) is 67.4 Å². The second-order valence-electron chi connectivity index (χ2n) is 7.72. The first-order valence-electron chi connectivity index (χ1n) is 10.4. The molecule has 1 fully saturated rings. The van der Waals surface area contributed by atoms with Gasteiger partial charge in [-0.3, -0.25) is 4.79 Å². The van der Waals surface area contributed by atoms with Crippen LogP contribution in [0.5, 0.6) is 11.5 Å². The lowest BCUT2D eigenvalue weighted by Gasteiger charge is -2.23. The number of carbonyl (C=O) groups excluding carboxylic acids is 1. The number of primary amides is 1. The first-order valence-corrected chi connectivity index (χ1v) is 10.4. The van der Waals surface area contributed by atoms with Crippen molar-refractivity contribution in [1.82, 2.24) is 9.97 Å². The normalized spacial score (nSPS) is 15.8. The molecule has 1 aliphatic heterocycles. The first-order chi connectivity index (χ1) is 15.6. The third-order valence-electron chi connectivity index (χ3n) is 5.61. The van der Waals surface area contributed by atoms with Gasteiger partial charge < -0.3 is 15.4 Å². The van der Waals surface area contributed by atoms with Crippen molar-refractivity contribution in [3.05, 3.63) is 78.6 Å². The monoisotopic (exact) mass is 428 g/mol. The van der Waals surface area contributed by atoms with E-state index in [1.165, 1.54) is 12.1 Å². The zero-order chi connectivity index (χ0) is 22.1. The Labute approximate surface area is 184 Å². The quantitative estimate of drug-likeness (QED) is 0.499. The fourth-order valence-corrected chi connectivity index (χ4v) is 4.03. The lowest BCUT2D eigenvalue weighted by Crippen LogP contribution is -2.41. The summed E-state index contributed by atoms with van der Waals surface area (Å²) >= 11 is 0. The molecule has 1 atom stereocenters. The van der Waals surface area contributed by atoms with E-state index in [2.05, 4.69) is 0 Å². The van der Waals surface area contributed by atoms with Gasteiger partial charge >= 0.3 is 0 Å². The van der Waals surface area contributed by atoms with Gasteiger partial charge in [0.2, 0.25) is 11.9 Å². The highest BCUT2D eigenvalue weighted by molar-refractivity contribution is 5.93. The number of nitrogens with two attached hydrogens (primary N) is 1. The van der Waals surface area contributed by atoms with Crippen LogP contribution in [0.2, 0.25) is 0 Å². The van der Waals surface area contributed by atoms with Crippen LogP contribution in [0.3, 0.4) is 0 Å². The molecule has 1 saturated heterocycles. The molecule has 1 aromatic heterocycles. The van der Waals surface area contributed by atoms with E-state index in [-0.39, 0.29) is 11.7 Å². The number of amides is 1. The molecule has 0 radical (unpaired) electrons. The van der Waals surface area contributed by atoms with Gasteiger partial charge in [0.1, 0.15) is 23.4 Å². The molecule has 3 aromatic carbocycles. The number of anilines is 1. The highest BCUT2D eigenvalue weighted by Gasteiger charge is 2.31. The molecule has 0 bridgehead atoms. The Kier molecular flexibility index (Phi) is 5.15. The SMILES string of the molecule is NC(=O)[C@@H]1CCCN1c1nc(-c2ccc(Oc3ccc(F)cc3)cc2)c2ccccc2n1. The van der Waals surface area contributed by atoms with Crippen molar-refractivity contribution >= 4 is 22.8 Å². The molecular weight excluding hydrogens is 407 g/mol. The maximum Gasteiger partial charge on any atom is 0.240 e. The van der Waals surface area contributed by atoms with Crippen LogP contribution in [-0.2, 0) is 4.79 Å². The zero-order valence-electron chi connectivity index (χ0n) is 17.2. The van der Waals surface area contributed by atoms with Gasteiger partial charge in [-0.2, -0.15) is 0 Å². The van der Waals surface area contributed by atoms with Crippen LogP contribution in [0.1, 0.15) is 12.8 Å². The number of para-hydroxylation sites is 1. The molecular formula is C25H21FN4O2. The van der Waals surface area contributed by atoms with Crippen molar-refractivity contribution in [2.75, 3.05) is 11.4 Å². The number of fused-ring (bicyclic) bond motifs is 1. The second-order valence-corrected chi connectivity index (χ2v) is 7.72. The van der Waals surface area contributed by atoms with Gasteiger partial charge in [0.05, 0.1) is 11.2 Å². The molecule has 5 rings (SSSR count). The van der Waals surface area contributed by atoms with Gasteiger partial charge in [0, 0.05) is 17.5 Å². The fraction of sp³-hybridized carbons (Fsp3) is 0.160. The number of halogens is 1. The van der Waals surface area contributed by atoms with Gasteiger partial charge in [-0.25, -0.2) is 14.4 Å². The van der Waals surface area contributed by atoms with Crippen LogP contribution in [-0.4, -0.2) is 28.5 Å². The van der Waals surface area contributed by atoms with Crippen molar-refractivity contribution < 1.29 is 13.9 Å². The summed E-state index contributed by atoms with van der Waals surface area (Å²) in [6, 6.07) is 20.8. The molecule has 1 amide bonds. The maximum absolute atomic E-state index is 13.1. The van der Waals surface area contributed by atoms with Gasteiger partial charge in [0.15, 0.2) is 0 Å². The summed E-state index contributed by atoms with van der Waals surface area (Å²) in [5.74, 6) is 1.03. The van der Waals surface area contributed by atoms with Crippen LogP contribution < -0.4 is 15.4 Å². The molecule has 1 aliphatic rings. The number of hydrogen-bond donors (Lipinski definition) is 1. The van der Waals surface area contributed by atoms with Crippen molar-refractivity contribution in [3.8, 4) is 22.8 Å². The number of aromatic nitrogens is 2. The van der Waals surface area contributed by atoms with E-state index in [1.807, 2.05) is 53.4 Å². The van der Waals surface area contributed by atoms with E-state index in [9.17, 15) is 9.18 Å². The van der Waals surface area contributed by atoms with Crippen LogP contribution >= 0.6 is 0 Å². The Balaban J connectivity index is 1.51. The van der Waals surface area contributed by atoms with E-state index in [0.717, 1.165) is 28.6 Å². The average Bonchev–Trinajstić information content (AvgIpc) is 3.31. The molecule has 2 heterocycles. The number of nitrogens with zero attached hydrogens (tertiary/aromatic N) is 3. The predicted octanol–water partition coefficient (Wildman–Crippen LogP) is 4.68. The topological polar surface area (TPSA) is 81.3 Å². The molecule has 7 heteroatoms. The largest absolute Gasteiger partial charge is 0.457 e. The molecule has 6 nitrogen and oxygen atoms in total. The second kappa shape index (κ2) is 8.26. The minimum absolute atomic E-state index is 0.310. The lowest BCUT2D eigenvalue weighted by atomic mass is 10.1. The molecule has 4 aromatic rings. The summed E-state index contributed by atoms with van der Waals surface area (Å²) in [6.07, 6.45) is 1.57. The molecule has 2 N–H and O–H groups in total. The molecule has 0 saturated carbocycles. The standard InChI is InChI=1S/C25H21FN4O2/c26-17-9-13-19(14-10-17)32-18-11-7-16(8-12-18)23-20-4-1-2-5-21(20)28-25(29-23)30-15-3-6-22(30)24(27)31/h1-2,4-5,7-14,22H,3,6,15H2,(H2,27,31)/t22-/m0/s1. The highest BCUT2D eigenvalue weighted by atomic mass is 19.1. The molecule has 0 spiro atoms. The van der Waals surface area contributed by atoms with E-state index in [0.29, 0.717) is 30.4 Å². The summed E-state index contributed by atoms with van der Waals surface area (Å²) in [5.41, 5.74) is 8.07. The van der Waals surface area contributed by atoms with E-state index in [4.69, 9.17) is 20.4 Å². The Bertz CT molecular complexity index is 1280. The molecule has 32 heavy (non-hydrogen) atoms. The molecule has 160 valence electrons. The minimum Gasteiger partial charge on any atom is -0.457 e. The summed E-state index contributed by atoms with van der Waals surface area (Å²) in [4.78, 5) is 23.3. The number of carbonyl (C=O) groups is 1. The number of hydrogen-bond acceptors (Lipinski definition) is 5. The third-order valence-corrected chi connectivity index (χ3v) is 5.61. The number of rotatable bonds is 5. The Morgan fingerprint density at radius 2 is 1.66 bits per heavy atom. The van der Waals surface area contributed by atoms with E-state index >= 15 is 0 Å². The minimum atomic E-state index is -0.393. The summed E-state index contributed by atoms with van der Waals surface area (Å²) in [5, 5.41) is 0.915. The summed E-state index contributed by atoms with van der Waals surface area (Å²) in [6.45, 7) is 0.690. The summed E-state index contributed by atoms with van der Waals surface area (Å²) in [7, 11) is 0. The first kappa shape index (κ1) is 19.9. The Hall–Kier alpha value is -4.00. The molecule has 0 unspecified atom stereocenters. The van der Waals surface area contributed by atoms with Crippen LogP contribution in [0.4, 0.5) is 10.3 Å². The van der Waals surface area contributed by atoms with Gasteiger partial charge in [0.25, 0.3) is 0 Å². The van der Waals surface area contributed by atoms with Crippen LogP contribution in [0.15, 0.2) is 72.8 Å². The Morgan fingerprint density at radius 3 is 2.38 bits per heavy atom. The van der Waals surface area contributed by atoms with E-state index < -0.39 is 6.04 Å². The van der Waals surface area contributed by atoms with Gasteiger partial charge in [-0.1, -0.05) is 18.2 Å². The summed E-state index contributed by atoms with van der Waals surface area (Å²) < 4.78 is 18.9. The van der Waals surface area contributed by atoms with Crippen LogP contribution in [0, 0.1) is 5.82 Å². The average molecular weight is 428 g/mol. The smallest absolute Gasteiger partial charge is 0.240 e. The van der Waals surface area contributed by atoms with Crippen molar-refractivity contribution in [2.45, 2.75) is 18.9 Å².